The molecule has 5 heteroatoms. The lowest BCUT2D eigenvalue weighted by Crippen LogP contribution is -2.48. The molecule has 1 aliphatic rings. The number of ketones is 1. The molecule has 0 saturated carbocycles. The molecule has 0 amide bonds. The Morgan fingerprint density at radius 3 is 2.64 bits per heavy atom. The summed E-state index contributed by atoms with van der Waals surface area (Å²) in [5.41, 5.74) is 0.908. The molecule has 149 valence electrons. The number of Topliss-reactive ketones (excluding diaryl/α,β-unsaturated/α-hetero) is 1. The molecule has 1 fully saturated rings. The molecular weight excluding hydrogens is 357 g/mol. The number of nitrogens with zero attached hydrogens (tertiary/aromatic N) is 1. The average molecular weight is 384 g/mol. The van der Waals surface area contributed by atoms with Crippen molar-refractivity contribution in [3.05, 3.63) is 71.4 Å². The first-order chi connectivity index (χ1) is 13.2. The van der Waals surface area contributed by atoms with E-state index in [1.54, 1.807) is 39.0 Å². The fourth-order valence-electron chi connectivity index (χ4n) is 4.02. The van der Waals surface area contributed by atoms with Gasteiger partial charge in [-0.15, -0.1) is 0 Å². The van der Waals surface area contributed by atoms with Gasteiger partial charge in [-0.05, 0) is 62.4 Å². The van der Waals surface area contributed by atoms with Crippen LogP contribution >= 0.6 is 0 Å². The average Bonchev–Trinajstić information content (AvgIpc) is 2.62. The Bertz CT molecular complexity index is 859. The molecule has 1 heterocycles. The third-order valence-electron chi connectivity index (χ3n) is 5.25. The zero-order valence-electron chi connectivity index (χ0n) is 16.5. The molecule has 1 saturated heterocycles. The highest BCUT2D eigenvalue weighted by Crippen LogP contribution is 2.37. The highest BCUT2D eigenvalue weighted by molar-refractivity contribution is 5.99. The van der Waals surface area contributed by atoms with E-state index in [2.05, 4.69) is 0 Å². The van der Waals surface area contributed by atoms with Crippen molar-refractivity contribution in [2.45, 2.75) is 32.3 Å². The first-order valence-electron chi connectivity index (χ1n) is 9.52. The Balaban J connectivity index is 1.96. The van der Waals surface area contributed by atoms with Crippen molar-refractivity contribution in [2.24, 2.45) is 5.92 Å². The Morgan fingerprint density at radius 2 is 1.96 bits per heavy atom. The van der Waals surface area contributed by atoms with Crippen LogP contribution in [-0.2, 0) is 0 Å². The fourth-order valence-corrected chi connectivity index (χ4v) is 4.02. The minimum atomic E-state index is -0.881. The number of benzene rings is 2. The SMILES string of the molecule is Cc1c(F)cccc1[C@H]1[CH]CN(CC(C)(C)O)C[C@@H]1C(=O)c1cccc(O)c1. The van der Waals surface area contributed by atoms with Crippen LogP contribution in [0.3, 0.4) is 0 Å². The van der Waals surface area contributed by atoms with Crippen molar-refractivity contribution in [2.75, 3.05) is 19.6 Å². The summed E-state index contributed by atoms with van der Waals surface area (Å²) < 4.78 is 14.2. The van der Waals surface area contributed by atoms with E-state index in [1.165, 1.54) is 18.2 Å². The molecule has 4 nitrogen and oxygen atoms in total. The zero-order chi connectivity index (χ0) is 20.5. The maximum absolute atomic E-state index is 14.2. The van der Waals surface area contributed by atoms with Crippen LogP contribution in [0.5, 0.6) is 5.75 Å². The molecule has 2 aromatic rings. The summed E-state index contributed by atoms with van der Waals surface area (Å²) in [5.74, 6) is -1.01. The molecule has 1 radical (unpaired) electrons. The fraction of sp³-hybridized carbons (Fsp3) is 0.391. The maximum atomic E-state index is 14.2. The first kappa shape index (κ1) is 20.5. The second-order valence-corrected chi connectivity index (χ2v) is 8.24. The summed E-state index contributed by atoms with van der Waals surface area (Å²) in [7, 11) is 0. The van der Waals surface area contributed by atoms with Crippen molar-refractivity contribution in [1.29, 1.82) is 0 Å². The van der Waals surface area contributed by atoms with Crippen molar-refractivity contribution in [3.63, 3.8) is 0 Å². The topological polar surface area (TPSA) is 60.8 Å². The summed E-state index contributed by atoms with van der Waals surface area (Å²) in [4.78, 5) is 15.4. The number of aliphatic hydroxyl groups is 1. The molecule has 0 unspecified atom stereocenters. The minimum Gasteiger partial charge on any atom is -0.508 e. The summed E-state index contributed by atoms with van der Waals surface area (Å²) in [6, 6.07) is 11.3. The highest BCUT2D eigenvalue weighted by Gasteiger charge is 2.38. The largest absolute Gasteiger partial charge is 0.508 e. The first-order valence-corrected chi connectivity index (χ1v) is 9.52. The van der Waals surface area contributed by atoms with Gasteiger partial charge in [-0.3, -0.25) is 9.69 Å². The second-order valence-electron chi connectivity index (χ2n) is 8.24. The third-order valence-corrected chi connectivity index (χ3v) is 5.25. The van der Waals surface area contributed by atoms with Crippen LogP contribution in [-0.4, -0.2) is 46.1 Å². The van der Waals surface area contributed by atoms with Crippen LogP contribution < -0.4 is 0 Å². The van der Waals surface area contributed by atoms with E-state index in [9.17, 15) is 19.4 Å². The minimum absolute atomic E-state index is 0.0393. The lowest BCUT2D eigenvalue weighted by atomic mass is 9.75. The maximum Gasteiger partial charge on any atom is 0.167 e. The molecule has 0 bridgehead atoms. The number of hydrogen-bond donors (Lipinski definition) is 2. The molecule has 1 aliphatic heterocycles. The van der Waals surface area contributed by atoms with Crippen LogP contribution in [0.1, 0.15) is 41.3 Å². The van der Waals surface area contributed by atoms with Gasteiger partial charge in [0.2, 0.25) is 0 Å². The van der Waals surface area contributed by atoms with Crippen LogP contribution in [0, 0.1) is 25.1 Å². The number of likely N-dealkylation sites (tertiary alicyclic amines) is 1. The van der Waals surface area contributed by atoms with Gasteiger partial charge in [-0.25, -0.2) is 4.39 Å². The van der Waals surface area contributed by atoms with Crippen LogP contribution in [0.4, 0.5) is 4.39 Å². The normalized spacial score (nSPS) is 20.9. The van der Waals surface area contributed by atoms with Gasteiger partial charge in [0.1, 0.15) is 11.6 Å². The van der Waals surface area contributed by atoms with Crippen LogP contribution in [0.15, 0.2) is 42.5 Å². The molecule has 2 atom stereocenters. The van der Waals surface area contributed by atoms with Crippen molar-refractivity contribution < 1.29 is 19.4 Å². The summed E-state index contributed by atoms with van der Waals surface area (Å²) in [5, 5.41) is 20.0. The molecule has 0 aliphatic carbocycles. The van der Waals surface area contributed by atoms with E-state index in [0.717, 1.165) is 5.56 Å². The summed E-state index contributed by atoms with van der Waals surface area (Å²) in [6.45, 7) is 6.70. The van der Waals surface area contributed by atoms with Gasteiger partial charge in [-0.1, -0.05) is 24.3 Å². The number of halogens is 1. The monoisotopic (exact) mass is 384 g/mol. The zero-order valence-corrected chi connectivity index (χ0v) is 16.5. The molecule has 2 aromatic carbocycles. The number of piperidine rings is 1. The molecule has 0 aromatic heterocycles. The van der Waals surface area contributed by atoms with E-state index in [-0.39, 0.29) is 23.3 Å². The summed E-state index contributed by atoms with van der Waals surface area (Å²) in [6.07, 6.45) is 2.03. The number of rotatable bonds is 5. The third kappa shape index (κ3) is 4.59. The number of carbonyl (C=O) groups excluding carboxylic acids is 1. The Kier molecular flexibility index (Phi) is 5.87. The molecule has 2 N–H and O–H groups in total. The molecule has 28 heavy (non-hydrogen) atoms. The van der Waals surface area contributed by atoms with Gasteiger partial charge in [0.15, 0.2) is 5.78 Å². The van der Waals surface area contributed by atoms with Crippen molar-refractivity contribution >= 4 is 5.78 Å². The van der Waals surface area contributed by atoms with Gasteiger partial charge in [0.05, 0.1) is 5.60 Å². The van der Waals surface area contributed by atoms with E-state index in [0.29, 0.717) is 30.8 Å². The number of β-amino-alcohol motifs (C(OH)–C–C–N with tert-alkyl or cyclic N) is 1. The highest BCUT2D eigenvalue weighted by atomic mass is 19.1. The predicted molar refractivity (Wildman–Crippen MR) is 107 cm³/mol. The van der Waals surface area contributed by atoms with Crippen molar-refractivity contribution in [3.8, 4) is 5.75 Å². The van der Waals surface area contributed by atoms with Gasteiger partial charge >= 0.3 is 0 Å². The van der Waals surface area contributed by atoms with Crippen LogP contribution in [0.2, 0.25) is 0 Å². The smallest absolute Gasteiger partial charge is 0.167 e. The van der Waals surface area contributed by atoms with Gasteiger partial charge in [-0.2, -0.15) is 0 Å². The van der Waals surface area contributed by atoms with Gasteiger partial charge in [0, 0.05) is 31.1 Å². The lowest BCUT2D eigenvalue weighted by molar-refractivity contribution is 0.0255. The van der Waals surface area contributed by atoms with Gasteiger partial charge < -0.3 is 10.2 Å². The predicted octanol–water partition coefficient (Wildman–Crippen LogP) is 3.71. The summed E-state index contributed by atoms with van der Waals surface area (Å²) >= 11 is 0. The second kappa shape index (κ2) is 8.02. The quantitative estimate of drug-likeness (QED) is 0.772. The lowest BCUT2D eigenvalue weighted by Gasteiger charge is -2.40. The standard InChI is InChI=1S/C23H27FNO3/c1-15-18(8-5-9-21(15)24)19-10-11-25(14-23(2,3)28)13-20(19)22(27)16-6-4-7-17(26)12-16/h4-10,12,19-20,26,28H,11,13-14H2,1-3H3/t19-,20+/m1/s1. The number of phenolic OH excluding ortho intramolecular Hbond substituents is 1. The van der Waals surface area contributed by atoms with E-state index < -0.39 is 11.5 Å². The van der Waals surface area contributed by atoms with Crippen molar-refractivity contribution in [1.82, 2.24) is 4.90 Å². The Labute approximate surface area is 165 Å². The number of carbonyl (C=O) groups is 1. The Hall–Kier alpha value is -2.24. The number of aromatic hydroxyl groups is 1. The Morgan fingerprint density at radius 1 is 1.25 bits per heavy atom. The van der Waals surface area contributed by atoms with E-state index >= 15 is 0 Å². The molecule has 0 spiro atoms. The van der Waals surface area contributed by atoms with Crippen LogP contribution in [0.25, 0.3) is 0 Å². The van der Waals surface area contributed by atoms with E-state index in [4.69, 9.17) is 0 Å². The number of phenols is 1. The molecular formula is C23H27FNO3. The molecule has 3 rings (SSSR count). The number of hydrogen-bond acceptors (Lipinski definition) is 4. The van der Waals surface area contributed by atoms with Gasteiger partial charge in [0.25, 0.3) is 0 Å². The van der Waals surface area contributed by atoms with E-state index in [1.807, 2.05) is 17.4 Å².